The molecule has 0 spiro atoms. The van der Waals surface area contributed by atoms with Gasteiger partial charge in [0.15, 0.2) is 0 Å². The SMILES string of the molecule is Cc1ccc2nc(Br)cc(C(F)(F)F)c2c1. The molecule has 0 atom stereocenters. The maximum absolute atomic E-state index is 12.8. The van der Waals surface area contributed by atoms with Crippen molar-refractivity contribution in [3.8, 4) is 0 Å². The fourth-order valence-corrected chi connectivity index (χ4v) is 1.96. The largest absolute Gasteiger partial charge is 0.417 e. The Bertz CT molecular complexity index is 549. The highest BCUT2D eigenvalue weighted by atomic mass is 79.9. The summed E-state index contributed by atoms with van der Waals surface area (Å²) in [5.41, 5.74) is 0.461. The molecule has 0 aliphatic carbocycles. The zero-order chi connectivity index (χ0) is 11.9. The van der Waals surface area contributed by atoms with E-state index in [-0.39, 0.29) is 9.99 Å². The van der Waals surface area contributed by atoms with E-state index in [1.165, 1.54) is 6.07 Å². The summed E-state index contributed by atoms with van der Waals surface area (Å²) in [6, 6.07) is 5.83. The molecule has 0 saturated carbocycles. The minimum Gasteiger partial charge on any atom is -0.241 e. The second-order valence-corrected chi connectivity index (χ2v) is 4.32. The number of rotatable bonds is 0. The summed E-state index contributed by atoms with van der Waals surface area (Å²) in [6.45, 7) is 1.75. The van der Waals surface area contributed by atoms with Crippen LogP contribution in [0.1, 0.15) is 11.1 Å². The van der Waals surface area contributed by atoms with Crippen LogP contribution in [0.5, 0.6) is 0 Å². The molecule has 1 aromatic heterocycles. The minimum atomic E-state index is -4.36. The van der Waals surface area contributed by atoms with E-state index in [1.54, 1.807) is 19.1 Å². The van der Waals surface area contributed by atoms with Crippen molar-refractivity contribution < 1.29 is 13.2 Å². The molecule has 84 valence electrons. The highest BCUT2D eigenvalue weighted by Gasteiger charge is 2.33. The van der Waals surface area contributed by atoms with Gasteiger partial charge in [-0.15, -0.1) is 0 Å². The molecule has 0 aliphatic heterocycles. The van der Waals surface area contributed by atoms with Gasteiger partial charge < -0.3 is 0 Å². The third-order valence-electron chi connectivity index (χ3n) is 2.24. The monoisotopic (exact) mass is 289 g/mol. The van der Waals surface area contributed by atoms with Gasteiger partial charge in [0.05, 0.1) is 11.1 Å². The average Bonchev–Trinajstić information content (AvgIpc) is 2.16. The number of hydrogen-bond donors (Lipinski definition) is 0. The molecule has 16 heavy (non-hydrogen) atoms. The summed E-state index contributed by atoms with van der Waals surface area (Å²) < 4.78 is 38.5. The molecule has 1 nitrogen and oxygen atoms in total. The molecule has 0 N–H and O–H groups in total. The van der Waals surface area contributed by atoms with Gasteiger partial charge in [-0.25, -0.2) is 4.98 Å². The Morgan fingerprint density at radius 3 is 2.50 bits per heavy atom. The van der Waals surface area contributed by atoms with E-state index in [9.17, 15) is 13.2 Å². The lowest BCUT2D eigenvalue weighted by atomic mass is 10.1. The number of halogens is 4. The second kappa shape index (κ2) is 3.73. The van der Waals surface area contributed by atoms with Crippen LogP contribution in [-0.2, 0) is 6.18 Å². The van der Waals surface area contributed by atoms with Crippen molar-refractivity contribution in [1.82, 2.24) is 4.98 Å². The van der Waals surface area contributed by atoms with Crippen LogP contribution in [0.15, 0.2) is 28.9 Å². The molecule has 5 heteroatoms. The van der Waals surface area contributed by atoms with Gasteiger partial charge in [-0.2, -0.15) is 13.2 Å². The lowest BCUT2D eigenvalue weighted by Gasteiger charge is -2.11. The third-order valence-corrected chi connectivity index (χ3v) is 2.64. The Labute approximate surface area is 98.4 Å². The summed E-state index contributed by atoms with van der Waals surface area (Å²) >= 11 is 2.98. The average molecular weight is 290 g/mol. The summed E-state index contributed by atoms with van der Waals surface area (Å²) in [7, 11) is 0. The van der Waals surface area contributed by atoms with Gasteiger partial charge in [-0.3, -0.25) is 0 Å². The number of pyridine rings is 1. The van der Waals surface area contributed by atoms with Crippen LogP contribution in [0.3, 0.4) is 0 Å². The summed E-state index contributed by atoms with van der Waals surface area (Å²) in [5, 5.41) is 0.135. The number of benzene rings is 1. The van der Waals surface area contributed by atoms with Crippen LogP contribution >= 0.6 is 15.9 Å². The Morgan fingerprint density at radius 2 is 1.88 bits per heavy atom. The Kier molecular flexibility index (Phi) is 2.66. The molecule has 0 aliphatic rings. The van der Waals surface area contributed by atoms with Crippen molar-refractivity contribution >= 4 is 26.8 Å². The molecule has 2 aromatic rings. The van der Waals surface area contributed by atoms with Crippen molar-refractivity contribution in [2.24, 2.45) is 0 Å². The van der Waals surface area contributed by atoms with Gasteiger partial charge in [0.2, 0.25) is 0 Å². The Hall–Kier alpha value is -1.10. The van der Waals surface area contributed by atoms with Crippen LogP contribution in [0, 0.1) is 6.92 Å². The zero-order valence-electron chi connectivity index (χ0n) is 8.27. The molecule has 2 rings (SSSR count). The second-order valence-electron chi connectivity index (χ2n) is 3.51. The zero-order valence-corrected chi connectivity index (χ0v) is 9.85. The molecular formula is C11H7BrF3N. The van der Waals surface area contributed by atoms with Crippen molar-refractivity contribution in [2.45, 2.75) is 13.1 Å². The van der Waals surface area contributed by atoms with Gasteiger partial charge in [0, 0.05) is 5.39 Å². The lowest BCUT2D eigenvalue weighted by molar-refractivity contribution is -0.136. The summed E-state index contributed by atoms with van der Waals surface area (Å²) in [5.74, 6) is 0. The van der Waals surface area contributed by atoms with E-state index >= 15 is 0 Å². The lowest BCUT2D eigenvalue weighted by Crippen LogP contribution is -2.06. The first-order chi connectivity index (χ1) is 7.38. The number of fused-ring (bicyclic) bond motifs is 1. The van der Waals surface area contributed by atoms with Gasteiger partial charge in [0.25, 0.3) is 0 Å². The fourth-order valence-electron chi connectivity index (χ4n) is 1.54. The first kappa shape index (κ1) is 11.4. The maximum Gasteiger partial charge on any atom is 0.417 e. The van der Waals surface area contributed by atoms with Gasteiger partial charge >= 0.3 is 6.18 Å². The van der Waals surface area contributed by atoms with Crippen molar-refractivity contribution in [3.05, 3.63) is 40.0 Å². The normalized spacial score (nSPS) is 12.1. The van der Waals surface area contributed by atoms with E-state index in [2.05, 4.69) is 20.9 Å². The van der Waals surface area contributed by atoms with Crippen LogP contribution in [-0.4, -0.2) is 4.98 Å². The standard InChI is InChI=1S/C11H7BrF3N/c1-6-2-3-9-7(4-6)8(11(13,14)15)5-10(12)16-9/h2-5H,1H3. The molecule has 1 heterocycles. The first-order valence-electron chi connectivity index (χ1n) is 4.52. The van der Waals surface area contributed by atoms with Gasteiger partial charge in [-0.05, 0) is 41.1 Å². The Balaban J connectivity index is 2.85. The highest BCUT2D eigenvalue weighted by molar-refractivity contribution is 9.10. The number of alkyl halides is 3. The minimum absolute atomic E-state index is 0.135. The van der Waals surface area contributed by atoms with Gasteiger partial charge in [-0.1, -0.05) is 11.6 Å². The molecule has 0 saturated heterocycles. The summed E-state index contributed by atoms with van der Waals surface area (Å²) in [6.07, 6.45) is -4.36. The van der Waals surface area contributed by atoms with Crippen LogP contribution in [0.25, 0.3) is 10.9 Å². The molecule has 0 unspecified atom stereocenters. The van der Waals surface area contributed by atoms with Crippen molar-refractivity contribution in [2.75, 3.05) is 0 Å². The molecule has 0 amide bonds. The third kappa shape index (κ3) is 2.04. The molecule has 0 radical (unpaired) electrons. The number of aryl methyl sites for hydroxylation is 1. The molecular weight excluding hydrogens is 283 g/mol. The van der Waals surface area contributed by atoms with E-state index in [1.807, 2.05) is 0 Å². The van der Waals surface area contributed by atoms with E-state index in [0.717, 1.165) is 11.6 Å². The number of aromatic nitrogens is 1. The van der Waals surface area contributed by atoms with E-state index < -0.39 is 11.7 Å². The van der Waals surface area contributed by atoms with Crippen LogP contribution < -0.4 is 0 Å². The van der Waals surface area contributed by atoms with Gasteiger partial charge in [0.1, 0.15) is 4.60 Å². The van der Waals surface area contributed by atoms with Crippen molar-refractivity contribution in [3.63, 3.8) is 0 Å². The predicted molar refractivity (Wildman–Crippen MR) is 59.2 cm³/mol. The Morgan fingerprint density at radius 1 is 1.19 bits per heavy atom. The molecule has 1 aromatic carbocycles. The van der Waals surface area contributed by atoms with Crippen LogP contribution in [0.2, 0.25) is 0 Å². The summed E-state index contributed by atoms with van der Waals surface area (Å²) in [4.78, 5) is 4.01. The van der Waals surface area contributed by atoms with E-state index in [0.29, 0.717) is 5.52 Å². The number of hydrogen-bond acceptors (Lipinski definition) is 1. The molecule has 0 fully saturated rings. The quantitative estimate of drug-likeness (QED) is 0.658. The molecule has 0 bridgehead atoms. The predicted octanol–water partition coefficient (Wildman–Crippen LogP) is 4.32. The smallest absolute Gasteiger partial charge is 0.241 e. The number of nitrogens with zero attached hydrogens (tertiary/aromatic N) is 1. The topological polar surface area (TPSA) is 12.9 Å². The maximum atomic E-state index is 12.8. The van der Waals surface area contributed by atoms with Crippen LogP contribution in [0.4, 0.5) is 13.2 Å². The fraction of sp³-hybridized carbons (Fsp3) is 0.182. The first-order valence-corrected chi connectivity index (χ1v) is 5.31. The van der Waals surface area contributed by atoms with Crippen molar-refractivity contribution in [1.29, 1.82) is 0 Å². The van der Waals surface area contributed by atoms with E-state index in [4.69, 9.17) is 0 Å². The highest BCUT2D eigenvalue weighted by Crippen LogP contribution is 2.35.